The summed E-state index contributed by atoms with van der Waals surface area (Å²) in [4.78, 5) is 17.4. The van der Waals surface area contributed by atoms with Crippen molar-refractivity contribution in [2.75, 3.05) is 11.9 Å². The number of ether oxygens (including phenoxy) is 1. The number of anilines is 1. The van der Waals surface area contributed by atoms with E-state index in [1.165, 1.54) is 11.1 Å². The zero-order valence-electron chi connectivity index (χ0n) is 26.5. The Balaban J connectivity index is 1.25. The topological polar surface area (TPSA) is 126 Å². The average Bonchev–Trinajstić information content (AvgIpc) is 3.28. The number of carboxylic acids is 1. The summed E-state index contributed by atoms with van der Waals surface area (Å²) < 4.78 is 39.7. The molecule has 6 rings (SSSR count). The van der Waals surface area contributed by atoms with Crippen molar-refractivity contribution in [3.63, 3.8) is 0 Å². The van der Waals surface area contributed by atoms with Gasteiger partial charge in [0.2, 0.25) is 0 Å². The molecule has 0 aliphatic heterocycles. The lowest BCUT2D eigenvalue weighted by atomic mass is 9.59. The van der Waals surface area contributed by atoms with Crippen LogP contribution in [0.5, 0.6) is 5.75 Å². The van der Waals surface area contributed by atoms with E-state index < -0.39 is 27.4 Å². The summed E-state index contributed by atoms with van der Waals surface area (Å²) >= 11 is 6.22. The number of fused-ring (bicyclic) bond motifs is 3. The van der Waals surface area contributed by atoms with Gasteiger partial charge in [0, 0.05) is 28.2 Å². The Morgan fingerprint density at radius 3 is 2.65 bits per heavy atom. The fourth-order valence-corrected chi connectivity index (χ4v) is 9.24. The molecule has 1 unspecified atom stereocenters. The molecule has 10 heteroatoms. The van der Waals surface area contributed by atoms with Crippen molar-refractivity contribution in [3.8, 4) is 5.75 Å². The molecule has 1 aromatic heterocycles. The first kappa shape index (κ1) is 32.8. The molecule has 1 heterocycles. The smallest absolute Gasteiger partial charge is 0.329 e. The van der Waals surface area contributed by atoms with Crippen LogP contribution in [-0.4, -0.2) is 41.2 Å². The Labute approximate surface area is 276 Å². The van der Waals surface area contributed by atoms with Crippen molar-refractivity contribution >= 4 is 33.4 Å². The Morgan fingerprint density at radius 1 is 1.15 bits per heavy atom. The molecule has 0 bridgehead atoms. The van der Waals surface area contributed by atoms with Gasteiger partial charge in [-0.15, -0.1) is 0 Å². The molecule has 0 amide bonds. The van der Waals surface area contributed by atoms with Gasteiger partial charge in [-0.1, -0.05) is 49.7 Å². The van der Waals surface area contributed by atoms with E-state index in [4.69, 9.17) is 16.3 Å². The van der Waals surface area contributed by atoms with Crippen LogP contribution in [0.25, 0.3) is 0 Å². The third-order valence-corrected chi connectivity index (χ3v) is 11.6. The zero-order chi connectivity index (χ0) is 32.7. The number of aryl methyl sites for hydroxylation is 1. The molecule has 3 atom stereocenters. The largest absolute Gasteiger partial charge is 0.493 e. The predicted molar refractivity (Wildman–Crippen MR) is 179 cm³/mol. The number of halogens is 1. The number of carboxylic acid groups (broad SMARTS) is 1. The lowest BCUT2D eigenvalue weighted by Crippen LogP contribution is -2.53. The van der Waals surface area contributed by atoms with E-state index >= 15 is 0 Å². The number of pyridine rings is 1. The quantitative estimate of drug-likeness (QED) is 0.189. The maximum atomic E-state index is 12.8. The van der Waals surface area contributed by atoms with Crippen molar-refractivity contribution in [2.45, 2.75) is 94.3 Å². The minimum Gasteiger partial charge on any atom is -0.493 e. The third kappa shape index (κ3) is 6.64. The highest BCUT2D eigenvalue weighted by Gasteiger charge is 2.54. The van der Waals surface area contributed by atoms with Crippen molar-refractivity contribution in [3.05, 3.63) is 87.7 Å². The second-order valence-corrected chi connectivity index (χ2v) is 15.8. The van der Waals surface area contributed by atoms with Crippen LogP contribution in [0.1, 0.15) is 92.7 Å². The summed E-state index contributed by atoms with van der Waals surface area (Å²) in [5.74, 6) is 0.463. The highest BCUT2D eigenvalue weighted by molar-refractivity contribution is 7.85. The van der Waals surface area contributed by atoms with Crippen LogP contribution >= 0.6 is 11.6 Å². The van der Waals surface area contributed by atoms with Crippen LogP contribution in [0.3, 0.4) is 0 Å². The van der Waals surface area contributed by atoms with E-state index in [1.54, 1.807) is 24.3 Å². The third-order valence-electron chi connectivity index (χ3n) is 10.7. The summed E-state index contributed by atoms with van der Waals surface area (Å²) in [6.07, 6.45) is 8.88. The van der Waals surface area contributed by atoms with E-state index in [0.29, 0.717) is 54.5 Å². The SMILES string of the molecule is C[C@@H](COc1ccnc2c1[C@H](C)CCC2)CC1Cc2ccc(CS(=O)(=O)O)cc2C12CCC(Nc1cccc(Cl)c1)(C(=O)O)CC2. The number of benzene rings is 2. The van der Waals surface area contributed by atoms with Crippen LogP contribution in [0.15, 0.2) is 54.7 Å². The lowest BCUT2D eigenvalue weighted by Gasteiger charge is -2.47. The van der Waals surface area contributed by atoms with Gasteiger partial charge in [-0.3, -0.25) is 9.54 Å². The average molecular weight is 667 g/mol. The number of hydrogen-bond donors (Lipinski definition) is 3. The Bertz CT molecular complexity index is 1720. The maximum Gasteiger partial charge on any atom is 0.329 e. The molecule has 46 heavy (non-hydrogen) atoms. The van der Waals surface area contributed by atoms with E-state index in [2.05, 4.69) is 24.1 Å². The number of aromatic nitrogens is 1. The highest BCUT2D eigenvalue weighted by Crippen LogP contribution is 2.56. The van der Waals surface area contributed by atoms with Crippen LogP contribution < -0.4 is 10.1 Å². The van der Waals surface area contributed by atoms with Gasteiger partial charge in [0.15, 0.2) is 0 Å². The van der Waals surface area contributed by atoms with Gasteiger partial charge >= 0.3 is 5.97 Å². The number of carbonyl (C=O) groups is 1. The summed E-state index contributed by atoms with van der Waals surface area (Å²) in [5, 5.41) is 14.3. The van der Waals surface area contributed by atoms with Gasteiger partial charge < -0.3 is 15.2 Å². The minimum absolute atomic E-state index is 0.227. The normalized spacial score (nSPS) is 26.3. The van der Waals surface area contributed by atoms with Crippen molar-refractivity contribution < 1.29 is 27.6 Å². The standard InChI is InChI=1S/C36H43ClN2O6S/c1-23(21-45-32-11-16-38-31-8-3-5-24(2)33(31)32)17-27-19-26-10-9-25(22-46(42,43)44)18-30(26)35(27)12-14-36(15-13-35,34(40)41)39-29-7-4-6-28(37)20-29/h4,6-7,9-11,16,18,20,23-24,27,39H,3,5,8,12-15,17,19,21-22H2,1-2H3,(H,40,41)(H,42,43,44)/t23-,24-,27?,35?,36?/m1/s1. The van der Waals surface area contributed by atoms with Gasteiger partial charge in [-0.05, 0) is 122 Å². The van der Waals surface area contributed by atoms with Crippen LogP contribution in [0.4, 0.5) is 5.69 Å². The molecular weight excluding hydrogens is 624 g/mol. The summed E-state index contributed by atoms with van der Waals surface area (Å²) in [6.45, 7) is 5.02. The summed E-state index contributed by atoms with van der Waals surface area (Å²) in [6, 6.07) is 14.8. The fraction of sp³-hybridized carbons (Fsp3) is 0.500. The van der Waals surface area contributed by atoms with E-state index in [1.807, 2.05) is 30.5 Å². The zero-order valence-corrected chi connectivity index (χ0v) is 28.0. The van der Waals surface area contributed by atoms with Crippen LogP contribution in [-0.2, 0) is 38.9 Å². The van der Waals surface area contributed by atoms with Crippen molar-refractivity contribution in [1.29, 1.82) is 0 Å². The Hall–Kier alpha value is -3.14. The number of aliphatic carboxylic acids is 1. The molecule has 8 nitrogen and oxygen atoms in total. The molecule has 1 saturated carbocycles. The van der Waals surface area contributed by atoms with E-state index in [0.717, 1.165) is 49.1 Å². The van der Waals surface area contributed by atoms with Gasteiger partial charge in [0.1, 0.15) is 17.0 Å². The van der Waals surface area contributed by atoms with Gasteiger partial charge in [0.05, 0.1) is 6.61 Å². The van der Waals surface area contributed by atoms with Crippen molar-refractivity contribution in [1.82, 2.24) is 4.98 Å². The number of nitrogens with zero attached hydrogens (tertiary/aromatic N) is 1. The second-order valence-electron chi connectivity index (χ2n) is 13.9. The molecule has 3 N–H and O–H groups in total. The fourth-order valence-electron chi connectivity index (χ4n) is 8.45. The van der Waals surface area contributed by atoms with Gasteiger partial charge in [0.25, 0.3) is 10.1 Å². The monoisotopic (exact) mass is 666 g/mol. The Morgan fingerprint density at radius 2 is 1.93 bits per heavy atom. The van der Waals surface area contributed by atoms with Crippen LogP contribution in [0.2, 0.25) is 5.02 Å². The molecule has 2 aromatic carbocycles. The molecule has 3 aliphatic rings. The first-order valence-electron chi connectivity index (χ1n) is 16.3. The van der Waals surface area contributed by atoms with Gasteiger partial charge in [-0.2, -0.15) is 8.42 Å². The predicted octanol–water partition coefficient (Wildman–Crippen LogP) is 7.59. The number of rotatable bonds is 10. The molecule has 1 fully saturated rings. The molecule has 3 aliphatic carbocycles. The minimum atomic E-state index is -4.20. The van der Waals surface area contributed by atoms with Gasteiger partial charge in [-0.25, -0.2) is 4.79 Å². The summed E-state index contributed by atoms with van der Waals surface area (Å²) in [5.41, 5.74) is 4.38. The molecule has 246 valence electrons. The van der Waals surface area contributed by atoms with Crippen molar-refractivity contribution in [2.24, 2.45) is 11.8 Å². The van der Waals surface area contributed by atoms with E-state index in [-0.39, 0.29) is 17.3 Å². The first-order valence-corrected chi connectivity index (χ1v) is 18.3. The summed E-state index contributed by atoms with van der Waals surface area (Å²) in [7, 11) is -4.20. The number of hydrogen-bond acceptors (Lipinski definition) is 6. The second kappa shape index (κ2) is 12.8. The first-order chi connectivity index (χ1) is 21.9. The Kier molecular flexibility index (Phi) is 9.13. The lowest BCUT2D eigenvalue weighted by molar-refractivity contribution is -0.144. The molecule has 0 saturated heterocycles. The molecule has 0 radical (unpaired) electrons. The van der Waals surface area contributed by atoms with E-state index in [9.17, 15) is 22.9 Å². The highest BCUT2D eigenvalue weighted by atomic mass is 35.5. The van der Waals surface area contributed by atoms with Crippen LogP contribution in [0, 0.1) is 11.8 Å². The molecule has 3 aromatic rings. The maximum absolute atomic E-state index is 12.8. The number of nitrogens with one attached hydrogen (secondary N) is 1. The molecule has 1 spiro atoms. The molecular formula is C36H43ClN2O6S.